The number of likely N-dealkylation sites (tertiary alicyclic amines) is 2. The average molecular weight is 630 g/mol. The zero-order valence-corrected chi connectivity index (χ0v) is 26.6. The minimum absolute atomic E-state index is 0.113. The van der Waals surface area contributed by atoms with Crippen LogP contribution in [0.4, 0.5) is 0 Å². The Balaban J connectivity index is 0.000000295. The van der Waals surface area contributed by atoms with Gasteiger partial charge in [-0.25, -0.2) is 0 Å². The van der Waals surface area contributed by atoms with Crippen molar-refractivity contribution in [3.8, 4) is 0 Å². The molecule has 0 bridgehead atoms. The lowest BCUT2D eigenvalue weighted by Crippen LogP contribution is -2.44. The summed E-state index contributed by atoms with van der Waals surface area (Å²) in [5, 5.41) is 5.63. The van der Waals surface area contributed by atoms with Gasteiger partial charge in [-0.1, -0.05) is 84.4 Å². The summed E-state index contributed by atoms with van der Waals surface area (Å²) in [5.74, 6) is -0.328. The van der Waals surface area contributed by atoms with E-state index in [0.717, 1.165) is 31.9 Å². The van der Waals surface area contributed by atoms with Gasteiger partial charge in [0.15, 0.2) is 11.2 Å². The number of benzene rings is 4. The van der Waals surface area contributed by atoms with E-state index in [4.69, 9.17) is 4.42 Å². The highest BCUT2D eigenvalue weighted by Gasteiger charge is 2.27. The van der Waals surface area contributed by atoms with Crippen molar-refractivity contribution in [3.63, 3.8) is 0 Å². The molecule has 2 saturated heterocycles. The molecule has 3 amide bonds. The van der Waals surface area contributed by atoms with Crippen LogP contribution in [0.5, 0.6) is 0 Å². The molecule has 240 valence electrons. The first-order valence-corrected chi connectivity index (χ1v) is 16.3. The maximum absolute atomic E-state index is 12.8. The monoisotopic (exact) mass is 629 g/mol. The minimum Gasteiger partial charge on any atom is -0.451 e. The van der Waals surface area contributed by atoms with Crippen molar-refractivity contribution in [1.82, 2.24) is 15.1 Å². The van der Waals surface area contributed by atoms with Gasteiger partial charge in [-0.15, -0.1) is 0 Å². The first-order chi connectivity index (χ1) is 22.9. The van der Waals surface area contributed by atoms with Crippen LogP contribution in [0.25, 0.3) is 21.7 Å². The third-order valence-corrected chi connectivity index (χ3v) is 9.04. The normalized spacial score (nSPS) is 15.0. The van der Waals surface area contributed by atoms with Crippen LogP contribution in [0.2, 0.25) is 0 Å². The molecule has 8 heteroatoms. The molecule has 5 aromatic rings. The SMILES string of the molecule is Cc1ccc2ccccc2c1.O=C(NCC(=O)N1CCC(c2ccccc2CN2CCCC2=O)CC1)c1cc(=O)c2ccccc2o1. The highest BCUT2D eigenvalue weighted by Crippen LogP contribution is 2.31. The van der Waals surface area contributed by atoms with Gasteiger partial charge in [0, 0.05) is 38.7 Å². The number of nitrogens with zero attached hydrogens (tertiary/aromatic N) is 2. The Bertz CT molecular complexity index is 1980. The Morgan fingerprint density at radius 1 is 0.830 bits per heavy atom. The Kier molecular flexibility index (Phi) is 9.76. The number of hydrogen-bond acceptors (Lipinski definition) is 5. The van der Waals surface area contributed by atoms with Crippen molar-refractivity contribution in [2.24, 2.45) is 0 Å². The Labute approximate surface area is 274 Å². The lowest BCUT2D eigenvalue weighted by Gasteiger charge is -2.33. The summed E-state index contributed by atoms with van der Waals surface area (Å²) in [6.07, 6.45) is 3.20. The van der Waals surface area contributed by atoms with E-state index < -0.39 is 5.91 Å². The summed E-state index contributed by atoms with van der Waals surface area (Å²) in [4.78, 5) is 53.3. The van der Waals surface area contributed by atoms with Gasteiger partial charge in [-0.2, -0.15) is 0 Å². The minimum atomic E-state index is -0.591. The number of carbonyl (C=O) groups is 3. The van der Waals surface area contributed by atoms with Gasteiger partial charge >= 0.3 is 0 Å². The first-order valence-electron chi connectivity index (χ1n) is 16.3. The molecule has 0 atom stereocenters. The Hall–Kier alpha value is -5.24. The predicted octanol–water partition coefficient (Wildman–Crippen LogP) is 6.20. The van der Waals surface area contributed by atoms with Crippen molar-refractivity contribution >= 4 is 39.5 Å². The predicted molar refractivity (Wildman–Crippen MR) is 183 cm³/mol. The van der Waals surface area contributed by atoms with Crippen molar-refractivity contribution in [2.45, 2.75) is 45.1 Å². The molecule has 0 unspecified atom stereocenters. The smallest absolute Gasteiger partial charge is 0.287 e. The van der Waals surface area contributed by atoms with Crippen LogP contribution < -0.4 is 10.7 Å². The van der Waals surface area contributed by atoms with Crippen LogP contribution in [-0.4, -0.2) is 53.7 Å². The standard InChI is InChI=1S/C28H29N3O5.C11H10/c32-23-16-25(36-24-9-4-3-8-22(23)24)28(35)29-17-27(34)30-14-11-19(12-15-30)21-7-2-1-6-20(21)18-31-13-5-10-26(31)33;1-9-6-7-10-4-2-3-5-11(10)8-9/h1-4,6-9,16,19H,5,10-15,17-18H2,(H,29,35);2-8H,1H3. The van der Waals surface area contributed by atoms with E-state index in [9.17, 15) is 19.2 Å². The number of hydrogen-bond donors (Lipinski definition) is 1. The fourth-order valence-electron chi connectivity index (χ4n) is 6.47. The number of para-hydroxylation sites is 1. The van der Waals surface area contributed by atoms with E-state index in [2.05, 4.69) is 66.8 Å². The van der Waals surface area contributed by atoms with E-state index in [-0.39, 0.29) is 29.5 Å². The number of rotatable bonds is 6. The van der Waals surface area contributed by atoms with Gasteiger partial charge in [-0.3, -0.25) is 19.2 Å². The average Bonchev–Trinajstić information content (AvgIpc) is 3.51. The van der Waals surface area contributed by atoms with E-state index in [0.29, 0.717) is 42.9 Å². The highest BCUT2D eigenvalue weighted by atomic mass is 16.3. The lowest BCUT2D eigenvalue weighted by atomic mass is 9.86. The molecule has 0 radical (unpaired) electrons. The van der Waals surface area contributed by atoms with Gasteiger partial charge in [-0.05, 0) is 66.1 Å². The second-order valence-electron chi connectivity index (χ2n) is 12.3. The van der Waals surface area contributed by atoms with Gasteiger partial charge in [0.1, 0.15) is 5.58 Å². The molecule has 8 nitrogen and oxygen atoms in total. The fraction of sp³-hybridized carbons (Fsp3) is 0.282. The number of piperidine rings is 1. The largest absolute Gasteiger partial charge is 0.451 e. The molecule has 47 heavy (non-hydrogen) atoms. The van der Waals surface area contributed by atoms with Crippen LogP contribution in [0.1, 0.15) is 58.8 Å². The quantitative estimate of drug-likeness (QED) is 0.241. The summed E-state index contributed by atoms with van der Waals surface area (Å²) in [6, 6.07) is 31.1. The molecule has 2 fully saturated rings. The second kappa shape index (κ2) is 14.5. The van der Waals surface area contributed by atoms with Gasteiger partial charge in [0.05, 0.1) is 11.9 Å². The molecule has 0 aliphatic carbocycles. The number of fused-ring (bicyclic) bond motifs is 2. The number of carbonyl (C=O) groups excluding carboxylic acids is 3. The van der Waals surface area contributed by atoms with Gasteiger partial charge in [0.25, 0.3) is 5.91 Å². The summed E-state index contributed by atoms with van der Waals surface area (Å²) in [5.41, 5.74) is 3.79. The zero-order valence-electron chi connectivity index (χ0n) is 26.6. The van der Waals surface area contributed by atoms with E-state index in [1.165, 1.54) is 27.5 Å². The second-order valence-corrected chi connectivity index (χ2v) is 12.3. The number of nitrogens with one attached hydrogen (secondary N) is 1. The molecule has 0 spiro atoms. The molecule has 7 rings (SSSR count). The third-order valence-electron chi connectivity index (χ3n) is 9.04. The molecule has 0 saturated carbocycles. The van der Waals surface area contributed by atoms with E-state index in [1.807, 2.05) is 17.0 Å². The van der Waals surface area contributed by atoms with Gasteiger partial charge < -0.3 is 19.5 Å². The number of aryl methyl sites for hydroxylation is 1. The van der Waals surface area contributed by atoms with Crippen molar-refractivity contribution in [3.05, 3.63) is 130 Å². The van der Waals surface area contributed by atoms with Crippen LogP contribution in [0.15, 0.2) is 106 Å². The van der Waals surface area contributed by atoms with Crippen LogP contribution in [-0.2, 0) is 16.1 Å². The Morgan fingerprint density at radius 2 is 1.55 bits per heavy atom. The van der Waals surface area contributed by atoms with Crippen molar-refractivity contribution in [2.75, 3.05) is 26.2 Å². The molecule has 1 N–H and O–H groups in total. The molecular formula is C39H39N3O5. The highest BCUT2D eigenvalue weighted by molar-refractivity contribution is 5.95. The summed E-state index contributed by atoms with van der Waals surface area (Å²) >= 11 is 0. The maximum atomic E-state index is 12.8. The fourth-order valence-corrected chi connectivity index (χ4v) is 6.47. The summed E-state index contributed by atoms with van der Waals surface area (Å²) < 4.78 is 5.55. The van der Waals surface area contributed by atoms with Crippen LogP contribution >= 0.6 is 0 Å². The summed E-state index contributed by atoms with van der Waals surface area (Å²) in [6.45, 7) is 4.61. The van der Waals surface area contributed by atoms with Crippen molar-refractivity contribution in [1.29, 1.82) is 0 Å². The zero-order chi connectivity index (χ0) is 32.8. The van der Waals surface area contributed by atoms with E-state index >= 15 is 0 Å². The molecule has 3 heterocycles. The number of amides is 3. The van der Waals surface area contributed by atoms with Crippen molar-refractivity contribution < 1.29 is 18.8 Å². The molecule has 4 aromatic carbocycles. The molecular weight excluding hydrogens is 590 g/mol. The lowest BCUT2D eigenvalue weighted by molar-refractivity contribution is -0.131. The molecule has 2 aliphatic rings. The Morgan fingerprint density at radius 3 is 2.34 bits per heavy atom. The molecule has 1 aromatic heterocycles. The third kappa shape index (κ3) is 7.60. The van der Waals surface area contributed by atoms with Crippen LogP contribution in [0.3, 0.4) is 0 Å². The summed E-state index contributed by atoms with van der Waals surface area (Å²) in [7, 11) is 0. The topological polar surface area (TPSA) is 99.9 Å². The maximum Gasteiger partial charge on any atom is 0.287 e. The van der Waals surface area contributed by atoms with Crippen LogP contribution in [0, 0.1) is 6.92 Å². The van der Waals surface area contributed by atoms with Gasteiger partial charge in [0.2, 0.25) is 11.8 Å². The van der Waals surface area contributed by atoms with E-state index in [1.54, 1.807) is 29.2 Å². The molecule has 2 aliphatic heterocycles. The first kappa shape index (κ1) is 31.7.